The summed E-state index contributed by atoms with van der Waals surface area (Å²) in [4.78, 5) is 8.79. The third-order valence-electron chi connectivity index (χ3n) is 5.99. The van der Waals surface area contributed by atoms with Crippen molar-refractivity contribution < 1.29 is 26.3 Å². The minimum atomic E-state index is -4.70. The summed E-state index contributed by atoms with van der Waals surface area (Å²) in [7, 11) is -3.91. The fourth-order valence-corrected chi connectivity index (χ4v) is 6.17. The van der Waals surface area contributed by atoms with Crippen LogP contribution in [-0.2, 0) is 20.9 Å². The molecule has 0 saturated carbocycles. The van der Waals surface area contributed by atoms with Crippen LogP contribution in [-0.4, -0.2) is 73.0 Å². The summed E-state index contributed by atoms with van der Waals surface area (Å²) in [5.41, 5.74) is -0.178. The Bertz CT molecular complexity index is 829. The number of likely N-dealkylation sites (tertiary alicyclic amines) is 1. The average molecular weight is 420 g/mol. The number of aromatic nitrogens is 2. The van der Waals surface area contributed by atoms with Crippen LogP contribution in [0, 0.1) is 18.8 Å². The maximum Gasteiger partial charge on any atom is 0.451 e. The highest BCUT2D eigenvalue weighted by atomic mass is 32.2. The summed E-state index contributed by atoms with van der Waals surface area (Å²) in [6, 6.07) is 0.495. The molecule has 1 aromatic heterocycles. The summed E-state index contributed by atoms with van der Waals surface area (Å²) < 4.78 is 71.0. The Morgan fingerprint density at radius 3 is 2.25 bits per heavy atom. The smallest absolute Gasteiger partial charge is 0.381 e. The molecule has 0 aromatic carbocycles. The molecular weight excluding hydrogens is 397 g/mol. The van der Waals surface area contributed by atoms with E-state index in [1.165, 1.54) is 11.2 Å². The first kappa shape index (κ1) is 20.0. The summed E-state index contributed by atoms with van der Waals surface area (Å²) in [6.07, 6.45) is -1.92. The van der Waals surface area contributed by atoms with Gasteiger partial charge in [-0.1, -0.05) is 0 Å². The molecule has 0 unspecified atom stereocenters. The van der Waals surface area contributed by atoms with Gasteiger partial charge in [0, 0.05) is 45.4 Å². The Morgan fingerprint density at radius 2 is 1.71 bits per heavy atom. The predicted octanol–water partition coefficient (Wildman–Crippen LogP) is 1.54. The predicted molar refractivity (Wildman–Crippen MR) is 92.9 cm³/mol. The van der Waals surface area contributed by atoms with Crippen LogP contribution in [0.2, 0.25) is 0 Å². The van der Waals surface area contributed by atoms with Crippen LogP contribution in [0.25, 0.3) is 0 Å². The highest BCUT2D eigenvalue weighted by Gasteiger charge is 2.46. The minimum absolute atomic E-state index is 0.178. The molecule has 0 bridgehead atoms. The van der Waals surface area contributed by atoms with Gasteiger partial charge in [-0.15, -0.1) is 0 Å². The van der Waals surface area contributed by atoms with Gasteiger partial charge in [-0.25, -0.2) is 18.4 Å². The molecule has 1 aromatic rings. The molecule has 2 atom stereocenters. The van der Waals surface area contributed by atoms with E-state index < -0.39 is 22.0 Å². The molecular formula is C17H23F3N4O3S. The van der Waals surface area contributed by atoms with Crippen molar-refractivity contribution in [1.29, 1.82) is 0 Å². The number of alkyl halides is 3. The van der Waals surface area contributed by atoms with Gasteiger partial charge in [-0.2, -0.15) is 17.5 Å². The van der Waals surface area contributed by atoms with Gasteiger partial charge in [0.1, 0.15) is 4.90 Å². The normalized spacial score (nSPS) is 28.0. The number of nitrogens with zero attached hydrogens (tertiary/aromatic N) is 4. The fraction of sp³-hybridized carbons (Fsp3) is 0.765. The molecule has 0 spiro atoms. The Hall–Kier alpha value is -1.30. The molecule has 0 radical (unpaired) electrons. The number of hydrogen-bond donors (Lipinski definition) is 0. The van der Waals surface area contributed by atoms with Gasteiger partial charge in [0.15, 0.2) is 0 Å². The highest BCUT2D eigenvalue weighted by molar-refractivity contribution is 7.89. The van der Waals surface area contributed by atoms with Crippen molar-refractivity contribution in [2.24, 2.45) is 11.8 Å². The van der Waals surface area contributed by atoms with Gasteiger partial charge in [-0.3, -0.25) is 4.90 Å². The van der Waals surface area contributed by atoms with Crippen molar-refractivity contribution in [3.63, 3.8) is 0 Å². The van der Waals surface area contributed by atoms with Gasteiger partial charge in [-0.05, 0) is 31.6 Å². The molecule has 4 rings (SSSR count). The van der Waals surface area contributed by atoms with Crippen molar-refractivity contribution in [2.75, 3.05) is 39.4 Å². The standard InChI is InChI=1S/C17H23F3N4O3S/c1-11-15(6-21-16(22-11)17(18,19)20)28(25,26)24-9-12-7-23(8-13(12)10-24)14-2-4-27-5-3-14/h6,12-14H,2-5,7-10H2,1H3/t12-,13-/m1/s1. The lowest BCUT2D eigenvalue weighted by Gasteiger charge is -2.32. The Labute approximate surface area is 161 Å². The van der Waals surface area contributed by atoms with Crippen molar-refractivity contribution in [1.82, 2.24) is 19.2 Å². The van der Waals surface area contributed by atoms with E-state index in [1.807, 2.05) is 0 Å². The van der Waals surface area contributed by atoms with Gasteiger partial charge >= 0.3 is 6.18 Å². The zero-order chi connectivity index (χ0) is 20.1. The average Bonchev–Trinajstić information content (AvgIpc) is 3.21. The van der Waals surface area contributed by atoms with E-state index in [4.69, 9.17) is 4.74 Å². The van der Waals surface area contributed by atoms with Gasteiger partial charge in [0.25, 0.3) is 0 Å². The van der Waals surface area contributed by atoms with Gasteiger partial charge < -0.3 is 4.74 Å². The molecule has 4 heterocycles. The number of aryl methyl sites for hydroxylation is 1. The second kappa shape index (κ2) is 7.19. The van der Waals surface area contributed by atoms with Crippen molar-refractivity contribution >= 4 is 10.0 Å². The van der Waals surface area contributed by atoms with Gasteiger partial charge in [0.05, 0.1) is 11.9 Å². The molecule has 3 saturated heterocycles. The summed E-state index contributed by atoms with van der Waals surface area (Å²) in [6.45, 7) is 5.27. The first-order chi connectivity index (χ1) is 13.2. The fourth-order valence-electron chi connectivity index (χ4n) is 4.52. The lowest BCUT2D eigenvalue weighted by molar-refractivity contribution is -0.145. The van der Waals surface area contributed by atoms with E-state index in [0.717, 1.165) is 45.3 Å². The Morgan fingerprint density at radius 1 is 1.11 bits per heavy atom. The van der Waals surface area contributed by atoms with Crippen molar-refractivity contribution in [3.8, 4) is 0 Å². The number of halogens is 3. The third kappa shape index (κ3) is 3.64. The van der Waals surface area contributed by atoms with Crippen molar-refractivity contribution in [3.05, 3.63) is 17.7 Å². The second-order valence-corrected chi connectivity index (χ2v) is 9.69. The van der Waals surface area contributed by atoms with Crippen LogP contribution in [0.3, 0.4) is 0 Å². The van der Waals surface area contributed by atoms with E-state index in [1.54, 1.807) is 0 Å². The largest absolute Gasteiger partial charge is 0.451 e. The zero-order valence-electron chi connectivity index (χ0n) is 15.5. The number of fused-ring (bicyclic) bond motifs is 1. The number of ether oxygens (including phenoxy) is 1. The molecule has 11 heteroatoms. The second-order valence-electron chi connectivity index (χ2n) is 7.78. The SMILES string of the molecule is Cc1nc(C(F)(F)F)ncc1S(=O)(=O)N1C[C@H]2CN(C3CCOCC3)C[C@@H]2C1. The molecule has 7 nitrogen and oxygen atoms in total. The molecule has 0 aliphatic carbocycles. The Balaban J connectivity index is 1.46. The number of sulfonamides is 1. The molecule has 3 aliphatic rings. The van der Waals surface area contributed by atoms with Crippen LogP contribution < -0.4 is 0 Å². The number of hydrogen-bond acceptors (Lipinski definition) is 6. The van der Waals surface area contributed by atoms with E-state index in [-0.39, 0.29) is 22.4 Å². The maximum absolute atomic E-state index is 13.0. The first-order valence-electron chi connectivity index (χ1n) is 9.39. The van der Waals surface area contributed by atoms with Crippen LogP contribution >= 0.6 is 0 Å². The number of rotatable bonds is 3. The monoisotopic (exact) mass is 420 g/mol. The van der Waals surface area contributed by atoms with E-state index >= 15 is 0 Å². The van der Waals surface area contributed by atoms with Crippen LogP contribution in [0.4, 0.5) is 13.2 Å². The van der Waals surface area contributed by atoms with E-state index in [9.17, 15) is 21.6 Å². The molecule has 0 N–H and O–H groups in total. The van der Waals surface area contributed by atoms with E-state index in [2.05, 4.69) is 14.9 Å². The minimum Gasteiger partial charge on any atom is -0.381 e. The Kier molecular flexibility index (Phi) is 5.13. The van der Waals surface area contributed by atoms with Crippen molar-refractivity contribution in [2.45, 2.75) is 36.9 Å². The first-order valence-corrected chi connectivity index (χ1v) is 10.8. The highest BCUT2D eigenvalue weighted by Crippen LogP contribution is 2.37. The van der Waals surface area contributed by atoms with Crippen LogP contribution in [0.1, 0.15) is 24.4 Å². The topological polar surface area (TPSA) is 75.6 Å². The third-order valence-corrected chi connectivity index (χ3v) is 7.93. The quantitative estimate of drug-likeness (QED) is 0.739. The lowest BCUT2D eigenvalue weighted by atomic mass is 10.0. The summed E-state index contributed by atoms with van der Waals surface area (Å²) in [5, 5.41) is 0. The summed E-state index contributed by atoms with van der Waals surface area (Å²) in [5.74, 6) is -0.837. The van der Waals surface area contributed by atoms with Crippen LogP contribution in [0.5, 0.6) is 0 Å². The maximum atomic E-state index is 13.0. The molecule has 3 fully saturated rings. The molecule has 0 amide bonds. The van der Waals surface area contributed by atoms with Gasteiger partial charge in [0.2, 0.25) is 15.8 Å². The lowest BCUT2D eigenvalue weighted by Crippen LogP contribution is -2.40. The summed E-state index contributed by atoms with van der Waals surface area (Å²) >= 11 is 0. The van der Waals surface area contributed by atoms with E-state index in [0.29, 0.717) is 19.1 Å². The zero-order valence-corrected chi connectivity index (χ0v) is 16.3. The molecule has 156 valence electrons. The van der Waals surface area contributed by atoms with Crippen LogP contribution in [0.15, 0.2) is 11.1 Å². The molecule has 28 heavy (non-hydrogen) atoms. The molecule has 3 aliphatic heterocycles.